The largest absolute Gasteiger partial charge is 0.394 e. The zero-order chi connectivity index (χ0) is 10.2. The fraction of sp³-hybridized carbons (Fsp3) is 0.625. The number of hydrogen-bond donors (Lipinski definition) is 1. The van der Waals surface area contributed by atoms with Crippen LogP contribution in [0.5, 0.6) is 0 Å². The van der Waals surface area contributed by atoms with E-state index in [0.717, 1.165) is 17.3 Å². The van der Waals surface area contributed by atoms with E-state index in [1.165, 1.54) is 0 Å². The van der Waals surface area contributed by atoms with Crippen LogP contribution in [0.1, 0.15) is 13.3 Å². The molecular formula is C8H12N4OS. The lowest BCUT2D eigenvalue weighted by Crippen LogP contribution is -2.05. The maximum absolute atomic E-state index is 8.72. The van der Waals surface area contributed by atoms with Gasteiger partial charge in [-0.05, 0) is 17.4 Å². The van der Waals surface area contributed by atoms with E-state index in [9.17, 15) is 0 Å². The molecule has 1 rings (SSSR count). The summed E-state index contributed by atoms with van der Waals surface area (Å²) in [5.74, 6) is 6.66. The van der Waals surface area contributed by atoms with Gasteiger partial charge < -0.3 is 5.11 Å². The van der Waals surface area contributed by atoms with Gasteiger partial charge in [-0.3, -0.25) is 0 Å². The van der Waals surface area contributed by atoms with Crippen molar-refractivity contribution in [1.29, 1.82) is 0 Å². The van der Waals surface area contributed by atoms with Gasteiger partial charge >= 0.3 is 0 Å². The van der Waals surface area contributed by atoms with Crippen LogP contribution >= 0.6 is 11.8 Å². The first-order chi connectivity index (χ1) is 6.88. The van der Waals surface area contributed by atoms with Crippen molar-refractivity contribution in [2.24, 2.45) is 0 Å². The molecule has 0 atom stereocenters. The van der Waals surface area contributed by atoms with E-state index >= 15 is 0 Å². The molecule has 1 aromatic rings. The minimum absolute atomic E-state index is 0.0490. The molecule has 14 heavy (non-hydrogen) atoms. The second-order valence-electron chi connectivity index (χ2n) is 2.43. The van der Waals surface area contributed by atoms with Gasteiger partial charge in [0.2, 0.25) is 5.16 Å². The number of aliphatic hydroxyl groups is 1. The fourth-order valence-electron chi connectivity index (χ4n) is 0.853. The highest BCUT2D eigenvalue weighted by Gasteiger charge is 2.04. The van der Waals surface area contributed by atoms with Crippen LogP contribution in [0.2, 0.25) is 0 Å². The first-order valence-corrected chi connectivity index (χ1v) is 5.26. The van der Waals surface area contributed by atoms with Gasteiger partial charge in [-0.15, -0.1) is 16.9 Å². The normalized spacial score (nSPS) is 9.57. The molecule has 0 amide bonds. The molecule has 0 spiro atoms. The smallest absolute Gasteiger partial charge is 0.209 e. The summed E-state index contributed by atoms with van der Waals surface area (Å²) in [6.45, 7) is 2.31. The van der Waals surface area contributed by atoms with Crippen LogP contribution < -0.4 is 0 Å². The molecular weight excluding hydrogens is 200 g/mol. The lowest BCUT2D eigenvalue weighted by molar-refractivity contribution is 0.262. The van der Waals surface area contributed by atoms with Gasteiger partial charge in [0.25, 0.3) is 0 Å². The Labute approximate surface area is 86.9 Å². The van der Waals surface area contributed by atoms with Crippen molar-refractivity contribution in [2.75, 3.05) is 12.4 Å². The number of aliphatic hydroxyl groups excluding tert-OH is 1. The van der Waals surface area contributed by atoms with Crippen LogP contribution in [-0.2, 0) is 6.54 Å². The number of rotatable bonds is 5. The lowest BCUT2D eigenvalue weighted by Gasteiger charge is -1.99. The van der Waals surface area contributed by atoms with Crippen molar-refractivity contribution in [3.05, 3.63) is 0 Å². The molecule has 1 heterocycles. The van der Waals surface area contributed by atoms with E-state index in [2.05, 4.69) is 27.4 Å². The summed E-state index contributed by atoms with van der Waals surface area (Å²) < 4.78 is 1.59. The summed E-state index contributed by atoms with van der Waals surface area (Å²) in [6, 6.07) is 0. The number of tetrazole rings is 1. The zero-order valence-electron chi connectivity index (χ0n) is 7.97. The van der Waals surface area contributed by atoms with Crippen molar-refractivity contribution in [2.45, 2.75) is 25.0 Å². The number of nitrogens with zero attached hydrogens (tertiary/aromatic N) is 4. The maximum Gasteiger partial charge on any atom is 0.209 e. The highest BCUT2D eigenvalue weighted by Crippen LogP contribution is 2.13. The van der Waals surface area contributed by atoms with Crippen LogP contribution in [0.4, 0.5) is 0 Å². The Kier molecular flexibility index (Phi) is 5.04. The number of hydrogen-bond acceptors (Lipinski definition) is 5. The maximum atomic E-state index is 8.72. The van der Waals surface area contributed by atoms with Crippen molar-refractivity contribution < 1.29 is 5.11 Å². The highest BCUT2D eigenvalue weighted by molar-refractivity contribution is 7.99. The van der Waals surface area contributed by atoms with E-state index in [1.807, 2.05) is 6.92 Å². The summed E-state index contributed by atoms with van der Waals surface area (Å²) in [4.78, 5) is 0. The Morgan fingerprint density at radius 2 is 2.43 bits per heavy atom. The SMILES string of the molecule is CC#CCCSc1nnnn1CCO. The van der Waals surface area contributed by atoms with Crippen molar-refractivity contribution in [3.8, 4) is 11.8 Å². The average molecular weight is 212 g/mol. The molecule has 0 unspecified atom stereocenters. The molecule has 0 aliphatic rings. The molecule has 6 heteroatoms. The molecule has 1 N–H and O–H groups in total. The van der Waals surface area contributed by atoms with Gasteiger partial charge in [0.05, 0.1) is 13.2 Å². The van der Waals surface area contributed by atoms with Gasteiger partial charge in [0, 0.05) is 12.2 Å². The predicted octanol–water partition coefficient (Wildman–Crippen LogP) is 0.171. The van der Waals surface area contributed by atoms with Crippen LogP contribution in [-0.4, -0.2) is 37.7 Å². The molecule has 0 radical (unpaired) electrons. The standard InChI is InChI=1S/C8H12N4OS/c1-2-3-4-7-14-8-9-10-11-12(8)5-6-13/h13H,4-7H2,1H3. The zero-order valence-corrected chi connectivity index (χ0v) is 8.79. The molecule has 1 aromatic heterocycles. The third kappa shape index (κ3) is 3.36. The van der Waals surface area contributed by atoms with Crippen molar-refractivity contribution in [1.82, 2.24) is 20.2 Å². The minimum atomic E-state index is 0.0490. The summed E-state index contributed by atoms with van der Waals surface area (Å²) in [5.41, 5.74) is 0. The quantitative estimate of drug-likeness (QED) is 0.428. The highest BCUT2D eigenvalue weighted by atomic mass is 32.2. The van der Waals surface area contributed by atoms with Crippen LogP contribution in [0.15, 0.2) is 5.16 Å². The summed E-state index contributed by atoms with van der Waals surface area (Å²) in [6.07, 6.45) is 0.827. The van der Waals surface area contributed by atoms with E-state index in [-0.39, 0.29) is 6.61 Å². The molecule has 0 bridgehead atoms. The topological polar surface area (TPSA) is 63.8 Å². The van der Waals surface area contributed by atoms with E-state index in [4.69, 9.17) is 5.11 Å². The molecule has 0 aromatic carbocycles. The molecule has 0 aliphatic carbocycles. The average Bonchev–Trinajstić information content (AvgIpc) is 2.61. The van der Waals surface area contributed by atoms with E-state index in [1.54, 1.807) is 16.4 Å². The Bertz CT molecular complexity index is 328. The minimum Gasteiger partial charge on any atom is -0.394 e. The monoisotopic (exact) mass is 212 g/mol. The van der Waals surface area contributed by atoms with Crippen molar-refractivity contribution in [3.63, 3.8) is 0 Å². The van der Waals surface area contributed by atoms with Crippen LogP contribution in [0, 0.1) is 11.8 Å². The van der Waals surface area contributed by atoms with Gasteiger partial charge in [-0.25, -0.2) is 4.68 Å². The molecule has 0 fully saturated rings. The molecule has 76 valence electrons. The Morgan fingerprint density at radius 1 is 1.57 bits per heavy atom. The van der Waals surface area contributed by atoms with Gasteiger partial charge in [0.1, 0.15) is 0 Å². The molecule has 0 saturated carbocycles. The van der Waals surface area contributed by atoms with E-state index in [0.29, 0.717) is 6.54 Å². The summed E-state index contributed by atoms with van der Waals surface area (Å²) in [7, 11) is 0. The second kappa shape index (κ2) is 6.40. The fourth-order valence-corrected chi connectivity index (χ4v) is 1.61. The number of aromatic nitrogens is 4. The van der Waals surface area contributed by atoms with Gasteiger partial charge in [0.15, 0.2) is 0 Å². The lowest BCUT2D eigenvalue weighted by atomic mass is 10.5. The Balaban J connectivity index is 2.39. The Hall–Kier alpha value is -1.06. The summed E-state index contributed by atoms with van der Waals surface area (Å²) in [5, 5.41) is 20.6. The van der Waals surface area contributed by atoms with Gasteiger partial charge in [-0.1, -0.05) is 11.8 Å². The molecule has 0 saturated heterocycles. The second-order valence-corrected chi connectivity index (χ2v) is 3.50. The first kappa shape index (κ1) is 11.0. The number of thioether (sulfide) groups is 1. The Morgan fingerprint density at radius 3 is 3.14 bits per heavy atom. The third-order valence-electron chi connectivity index (χ3n) is 1.45. The predicted molar refractivity (Wildman–Crippen MR) is 53.7 cm³/mol. The van der Waals surface area contributed by atoms with Crippen LogP contribution in [0.3, 0.4) is 0 Å². The van der Waals surface area contributed by atoms with Crippen LogP contribution in [0.25, 0.3) is 0 Å². The first-order valence-electron chi connectivity index (χ1n) is 4.28. The molecule has 5 nitrogen and oxygen atoms in total. The van der Waals surface area contributed by atoms with E-state index < -0.39 is 0 Å². The van der Waals surface area contributed by atoms with Crippen molar-refractivity contribution >= 4 is 11.8 Å². The van der Waals surface area contributed by atoms with Gasteiger partial charge in [-0.2, -0.15) is 0 Å². The summed E-state index contributed by atoms with van der Waals surface area (Å²) >= 11 is 1.55. The molecule has 0 aliphatic heterocycles. The third-order valence-corrected chi connectivity index (χ3v) is 2.40.